The van der Waals surface area contributed by atoms with Crippen LogP contribution in [0.4, 0.5) is 10.1 Å². The number of fused-ring (bicyclic) bond motifs is 1. The van der Waals surface area contributed by atoms with Crippen molar-refractivity contribution in [2.75, 3.05) is 18.0 Å². The molecule has 1 saturated heterocycles. The molecule has 0 spiro atoms. The second-order valence-corrected chi connectivity index (χ2v) is 5.93. The standard InChI is InChI=1S/C18H16FN3O/c19-15-8-12-3-4-18(23)21-16(12)9-17(15)22-7-5-14(11-22)13-2-1-6-20-10-13/h1-4,6,8-10,14H,5,7,11H2,(H,21,23). The number of aromatic amines is 1. The molecule has 3 heterocycles. The van der Waals surface area contributed by atoms with Gasteiger partial charge in [-0.2, -0.15) is 0 Å². The molecular weight excluding hydrogens is 293 g/mol. The first-order chi connectivity index (χ1) is 11.2. The lowest BCUT2D eigenvalue weighted by atomic mass is 10.0. The first kappa shape index (κ1) is 13.9. The highest BCUT2D eigenvalue weighted by Gasteiger charge is 2.26. The van der Waals surface area contributed by atoms with E-state index in [9.17, 15) is 9.18 Å². The van der Waals surface area contributed by atoms with Crippen molar-refractivity contribution in [2.24, 2.45) is 0 Å². The lowest BCUT2D eigenvalue weighted by molar-refractivity contribution is 0.624. The zero-order valence-corrected chi connectivity index (χ0v) is 12.5. The van der Waals surface area contributed by atoms with Gasteiger partial charge in [-0.3, -0.25) is 9.78 Å². The fourth-order valence-electron chi connectivity index (χ4n) is 3.27. The van der Waals surface area contributed by atoms with E-state index in [1.54, 1.807) is 18.3 Å². The zero-order valence-electron chi connectivity index (χ0n) is 12.5. The molecule has 1 atom stereocenters. The molecule has 2 aromatic heterocycles. The number of aromatic nitrogens is 2. The third-order valence-electron chi connectivity index (χ3n) is 4.48. The summed E-state index contributed by atoms with van der Waals surface area (Å²) in [5.41, 5.74) is 2.22. The molecule has 1 fully saturated rings. The summed E-state index contributed by atoms with van der Waals surface area (Å²) in [7, 11) is 0. The molecule has 0 bridgehead atoms. The SMILES string of the molecule is O=c1ccc2cc(F)c(N3CCC(c4cccnc4)C3)cc2[nH]1. The fourth-order valence-corrected chi connectivity index (χ4v) is 3.27. The summed E-state index contributed by atoms with van der Waals surface area (Å²) in [4.78, 5) is 20.4. The maximum Gasteiger partial charge on any atom is 0.248 e. The van der Waals surface area contributed by atoms with Gasteiger partial charge in [-0.15, -0.1) is 0 Å². The molecule has 0 saturated carbocycles. The predicted molar refractivity (Wildman–Crippen MR) is 88.3 cm³/mol. The van der Waals surface area contributed by atoms with Crippen LogP contribution in [0.1, 0.15) is 17.9 Å². The Kier molecular flexibility index (Phi) is 3.33. The molecule has 1 aromatic carbocycles. The van der Waals surface area contributed by atoms with Gasteiger partial charge in [0.2, 0.25) is 5.56 Å². The molecule has 0 radical (unpaired) electrons. The first-order valence-corrected chi connectivity index (χ1v) is 7.68. The number of rotatable bonds is 2. The molecule has 1 N–H and O–H groups in total. The van der Waals surface area contributed by atoms with Crippen molar-refractivity contribution in [1.82, 2.24) is 9.97 Å². The smallest absolute Gasteiger partial charge is 0.248 e. The average Bonchev–Trinajstić information content (AvgIpc) is 3.05. The minimum absolute atomic E-state index is 0.176. The van der Waals surface area contributed by atoms with Gasteiger partial charge in [-0.1, -0.05) is 6.07 Å². The zero-order chi connectivity index (χ0) is 15.8. The number of anilines is 1. The van der Waals surface area contributed by atoms with E-state index in [0.29, 0.717) is 22.5 Å². The lowest BCUT2D eigenvalue weighted by Gasteiger charge is -2.20. The van der Waals surface area contributed by atoms with Gasteiger partial charge >= 0.3 is 0 Å². The highest BCUT2D eigenvalue weighted by molar-refractivity contribution is 5.82. The Bertz CT molecular complexity index is 907. The van der Waals surface area contributed by atoms with E-state index in [1.165, 1.54) is 17.7 Å². The lowest BCUT2D eigenvalue weighted by Crippen LogP contribution is -2.20. The Morgan fingerprint density at radius 1 is 1.26 bits per heavy atom. The van der Waals surface area contributed by atoms with Crippen LogP contribution in [0.5, 0.6) is 0 Å². The molecule has 116 valence electrons. The van der Waals surface area contributed by atoms with Crippen LogP contribution in [0.15, 0.2) is 53.6 Å². The summed E-state index contributed by atoms with van der Waals surface area (Å²) in [6.45, 7) is 1.55. The quantitative estimate of drug-likeness (QED) is 0.791. The van der Waals surface area contributed by atoms with E-state index >= 15 is 0 Å². The van der Waals surface area contributed by atoms with Crippen molar-refractivity contribution in [3.8, 4) is 0 Å². The van der Waals surface area contributed by atoms with Gasteiger partial charge in [-0.25, -0.2) is 4.39 Å². The van der Waals surface area contributed by atoms with Crippen LogP contribution in [0.3, 0.4) is 0 Å². The van der Waals surface area contributed by atoms with Gasteiger partial charge in [0.25, 0.3) is 0 Å². The maximum atomic E-state index is 14.5. The van der Waals surface area contributed by atoms with Gasteiger partial charge < -0.3 is 9.88 Å². The molecule has 5 heteroatoms. The summed E-state index contributed by atoms with van der Waals surface area (Å²) >= 11 is 0. The van der Waals surface area contributed by atoms with Gasteiger partial charge in [0.1, 0.15) is 5.82 Å². The van der Waals surface area contributed by atoms with Crippen molar-refractivity contribution >= 4 is 16.6 Å². The van der Waals surface area contributed by atoms with Gasteiger partial charge in [0, 0.05) is 42.9 Å². The number of hydrogen-bond donors (Lipinski definition) is 1. The van der Waals surface area contributed by atoms with Crippen LogP contribution >= 0.6 is 0 Å². The molecular formula is C18H16FN3O. The van der Waals surface area contributed by atoms with Crippen LogP contribution in [-0.2, 0) is 0 Å². The largest absolute Gasteiger partial charge is 0.368 e. The Labute approximate surface area is 132 Å². The molecule has 3 aromatic rings. The van der Waals surface area contributed by atoms with Crippen LogP contribution in [0.2, 0.25) is 0 Å². The summed E-state index contributed by atoms with van der Waals surface area (Å²) in [6.07, 6.45) is 4.60. The van der Waals surface area contributed by atoms with E-state index in [4.69, 9.17) is 0 Å². The van der Waals surface area contributed by atoms with Crippen LogP contribution in [0.25, 0.3) is 10.9 Å². The van der Waals surface area contributed by atoms with E-state index in [1.807, 2.05) is 17.2 Å². The third-order valence-corrected chi connectivity index (χ3v) is 4.48. The summed E-state index contributed by atoms with van der Waals surface area (Å²) in [6, 6.07) is 10.3. The topological polar surface area (TPSA) is 49.0 Å². The highest BCUT2D eigenvalue weighted by atomic mass is 19.1. The first-order valence-electron chi connectivity index (χ1n) is 7.68. The molecule has 1 aliphatic rings. The van der Waals surface area contributed by atoms with Crippen LogP contribution in [-0.4, -0.2) is 23.1 Å². The van der Waals surface area contributed by atoms with Crippen molar-refractivity contribution in [1.29, 1.82) is 0 Å². The molecule has 4 nitrogen and oxygen atoms in total. The Balaban J connectivity index is 1.67. The summed E-state index contributed by atoms with van der Waals surface area (Å²) in [5.74, 6) is 0.102. The normalized spacial score (nSPS) is 17.8. The van der Waals surface area contributed by atoms with E-state index in [-0.39, 0.29) is 11.4 Å². The third kappa shape index (κ3) is 2.59. The van der Waals surface area contributed by atoms with Gasteiger partial charge in [-0.05, 0) is 36.2 Å². The molecule has 1 unspecified atom stereocenters. The molecule has 23 heavy (non-hydrogen) atoms. The van der Waals surface area contributed by atoms with Crippen molar-refractivity contribution in [3.05, 3.63) is 70.5 Å². The van der Waals surface area contributed by atoms with Crippen molar-refractivity contribution < 1.29 is 4.39 Å². The maximum absolute atomic E-state index is 14.5. The van der Waals surface area contributed by atoms with E-state index in [0.717, 1.165) is 19.5 Å². The number of nitrogens with zero attached hydrogens (tertiary/aromatic N) is 2. The predicted octanol–water partition coefficient (Wildman–Crippen LogP) is 3.06. The Morgan fingerprint density at radius 2 is 2.17 bits per heavy atom. The molecule has 4 rings (SSSR count). The number of benzene rings is 1. The van der Waals surface area contributed by atoms with Crippen LogP contribution < -0.4 is 10.5 Å². The monoisotopic (exact) mass is 309 g/mol. The second kappa shape index (κ2) is 5.50. The summed E-state index contributed by atoms with van der Waals surface area (Å²) < 4.78 is 14.5. The number of nitrogens with one attached hydrogen (secondary N) is 1. The number of H-pyrrole nitrogens is 1. The minimum Gasteiger partial charge on any atom is -0.368 e. The minimum atomic E-state index is -0.253. The number of hydrogen-bond acceptors (Lipinski definition) is 3. The van der Waals surface area contributed by atoms with Crippen molar-refractivity contribution in [2.45, 2.75) is 12.3 Å². The van der Waals surface area contributed by atoms with Crippen molar-refractivity contribution in [3.63, 3.8) is 0 Å². The van der Waals surface area contributed by atoms with Gasteiger partial charge in [0.05, 0.1) is 11.2 Å². The Morgan fingerprint density at radius 3 is 3.00 bits per heavy atom. The molecule has 0 amide bonds. The van der Waals surface area contributed by atoms with E-state index in [2.05, 4.69) is 16.0 Å². The second-order valence-electron chi connectivity index (χ2n) is 5.93. The molecule has 1 aliphatic heterocycles. The molecule has 0 aliphatic carbocycles. The Hall–Kier alpha value is -2.69. The van der Waals surface area contributed by atoms with Crippen LogP contribution in [0, 0.1) is 5.82 Å². The number of pyridine rings is 2. The van der Waals surface area contributed by atoms with E-state index < -0.39 is 0 Å². The summed E-state index contributed by atoms with van der Waals surface area (Å²) in [5, 5.41) is 0.703. The van der Waals surface area contributed by atoms with Gasteiger partial charge in [0.15, 0.2) is 0 Å². The average molecular weight is 309 g/mol. The highest BCUT2D eigenvalue weighted by Crippen LogP contribution is 2.33. The number of halogens is 1. The fraction of sp³-hybridized carbons (Fsp3) is 0.222.